The van der Waals surface area contributed by atoms with Crippen molar-refractivity contribution in [3.8, 4) is 0 Å². The monoisotopic (exact) mass is 200 g/mol. The van der Waals surface area contributed by atoms with Crippen LogP contribution >= 0.6 is 11.5 Å². The predicted molar refractivity (Wildman–Crippen MR) is 54.9 cm³/mol. The van der Waals surface area contributed by atoms with Gasteiger partial charge in [0.25, 0.3) is 0 Å². The first-order chi connectivity index (χ1) is 6.24. The van der Waals surface area contributed by atoms with Gasteiger partial charge >= 0.3 is 0 Å². The molecule has 13 heavy (non-hydrogen) atoms. The van der Waals surface area contributed by atoms with Gasteiger partial charge in [-0.15, -0.1) is 5.10 Å². The summed E-state index contributed by atoms with van der Waals surface area (Å²) in [5.74, 6) is 0. The van der Waals surface area contributed by atoms with Crippen LogP contribution in [0.1, 0.15) is 17.5 Å². The molecule has 0 bridgehead atoms. The van der Waals surface area contributed by atoms with Crippen molar-refractivity contribution in [2.24, 2.45) is 0 Å². The maximum absolute atomic E-state index is 3.95. The van der Waals surface area contributed by atoms with E-state index >= 15 is 0 Å². The van der Waals surface area contributed by atoms with Crippen molar-refractivity contribution in [1.82, 2.24) is 20.2 Å². The van der Waals surface area contributed by atoms with E-state index in [-0.39, 0.29) is 0 Å². The molecule has 1 heterocycles. The van der Waals surface area contributed by atoms with Gasteiger partial charge in [0.15, 0.2) is 0 Å². The highest BCUT2D eigenvalue weighted by Crippen LogP contribution is 2.08. The molecular formula is C8H16N4S. The summed E-state index contributed by atoms with van der Waals surface area (Å²) in [5.41, 5.74) is 1.04. The summed E-state index contributed by atoms with van der Waals surface area (Å²) < 4.78 is 3.88. The van der Waals surface area contributed by atoms with Gasteiger partial charge in [0.05, 0.1) is 10.6 Å². The molecule has 1 rings (SSSR count). The first-order valence-electron chi connectivity index (χ1n) is 4.40. The number of hydrogen-bond donors (Lipinski definition) is 2. The summed E-state index contributed by atoms with van der Waals surface area (Å²) in [7, 11) is 1.96. The standard InChI is InChI=1S/C8H16N4S/c1-6(4-9-3)10-5-8-7(2)11-12-13-8/h6,9-10H,4-5H2,1-3H3. The van der Waals surface area contributed by atoms with Gasteiger partial charge in [-0.05, 0) is 32.4 Å². The number of likely N-dealkylation sites (N-methyl/N-ethyl adjacent to an activating group) is 1. The third-order valence-corrected chi connectivity index (χ3v) is 2.69. The van der Waals surface area contributed by atoms with Gasteiger partial charge < -0.3 is 10.6 Å². The molecule has 0 aliphatic carbocycles. The Morgan fingerprint density at radius 3 is 2.85 bits per heavy atom. The van der Waals surface area contributed by atoms with Gasteiger partial charge in [-0.1, -0.05) is 4.49 Å². The average molecular weight is 200 g/mol. The Bertz CT molecular complexity index is 248. The third kappa shape index (κ3) is 3.38. The molecule has 2 N–H and O–H groups in total. The first-order valence-corrected chi connectivity index (χ1v) is 5.17. The topological polar surface area (TPSA) is 49.8 Å². The lowest BCUT2D eigenvalue weighted by atomic mass is 10.3. The molecule has 5 heteroatoms. The molecule has 0 aliphatic rings. The molecule has 1 unspecified atom stereocenters. The van der Waals surface area contributed by atoms with Gasteiger partial charge in [0.1, 0.15) is 0 Å². The minimum absolute atomic E-state index is 0.478. The van der Waals surface area contributed by atoms with Gasteiger partial charge in [-0.25, -0.2) is 0 Å². The Morgan fingerprint density at radius 2 is 2.31 bits per heavy atom. The minimum Gasteiger partial charge on any atom is -0.318 e. The van der Waals surface area contributed by atoms with Gasteiger partial charge in [0, 0.05) is 19.1 Å². The average Bonchev–Trinajstić information content (AvgIpc) is 2.48. The van der Waals surface area contributed by atoms with E-state index in [2.05, 4.69) is 27.1 Å². The molecule has 0 fully saturated rings. The van der Waals surface area contributed by atoms with Crippen LogP contribution in [0.2, 0.25) is 0 Å². The molecule has 0 radical (unpaired) electrons. The van der Waals surface area contributed by atoms with Crippen LogP contribution in [0.5, 0.6) is 0 Å². The zero-order valence-corrected chi connectivity index (χ0v) is 9.11. The fourth-order valence-corrected chi connectivity index (χ4v) is 1.64. The zero-order chi connectivity index (χ0) is 9.68. The van der Waals surface area contributed by atoms with E-state index in [1.54, 1.807) is 0 Å². The second-order valence-corrected chi connectivity index (χ2v) is 3.96. The Morgan fingerprint density at radius 1 is 1.54 bits per heavy atom. The fraction of sp³-hybridized carbons (Fsp3) is 0.750. The summed E-state index contributed by atoms with van der Waals surface area (Å²) >= 11 is 1.47. The summed E-state index contributed by atoms with van der Waals surface area (Å²) in [6, 6.07) is 0.478. The molecule has 1 atom stereocenters. The van der Waals surface area contributed by atoms with Crippen molar-refractivity contribution in [3.05, 3.63) is 10.6 Å². The van der Waals surface area contributed by atoms with Gasteiger partial charge in [0.2, 0.25) is 0 Å². The molecule has 0 saturated heterocycles. The van der Waals surface area contributed by atoms with Crippen LogP contribution in [0.4, 0.5) is 0 Å². The second kappa shape index (κ2) is 5.26. The highest BCUT2D eigenvalue weighted by atomic mass is 32.1. The molecular weight excluding hydrogens is 184 g/mol. The van der Waals surface area contributed by atoms with Crippen LogP contribution in [0.15, 0.2) is 0 Å². The van der Waals surface area contributed by atoms with E-state index in [9.17, 15) is 0 Å². The van der Waals surface area contributed by atoms with Crippen LogP contribution < -0.4 is 10.6 Å². The Labute approximate surface area is 82.9 Å². The van der Waals surface area contributed by atoms with E-state index in [0.29, 0.717) is 6.04 Å². The van der Waals surface area contributed by atoms with E-state index in [1.807, 2.05) is 14.0 Å². The number of hydrogen-bond acceptors (Lipinski definition) is 5. The lowest BCUT2D eigenvalue weighted by Gasteiger charge is -2.11. The third-order valence-electron chi connectivity index (χ3n) is 1.87. The van der Waals surface area contributed by atoms with Crippen LogP contribution in [0.3, 0.4) is 0 Å². The minimum atomic E-state index is 0.478. The van der Waals surface area contributed by atoms with E-state index in [4.69, 9.17) is 0 Å². The molecule has 74 valence electrons. The van der Waals surface area contributed by atoms with Crippen molar-refractivity contribution in [1.29, 1.82) is 0 Å². The van der Waals surface area contributed by atoms with Crippen molar-refractivity contribution < 1.29 is 0 Å². The van der Waals surface area contributed by atoms with E-state index < -0.39 is 0 Å². The summed E-state index contributed by atoms with van der Waals surface area (Å²) in [5, 5.41) is 10.5. The maximum atomic E-state index is 3.95. The summed E-state index contributed by atoms with van der Waals surface area (Å²) in [4.78, 5) is 1.22. The molecule has 4 nitrogen and oxygen atoms in total. The second-order valence-electron chi connectivity index (χ2n) is 3.12. The predicted octanol–water partition coefficient (Wildman–Crippen LogP) is 0.544. The molecule has 0 aromatic carbocycles. The van der Waals surface area contributed by atoms with Crippen molar-refractivity contribution in [2.45, 2.75) is 26.4 Å². The van der Waals surface area contributed by atoms with Crippen molar-refractivity contribution in [2.75, 3.05) is 13.6 Å². The van der Waals surface area contributed by atoms with Gasteiger partial charge in [-0.2, -0.15) is 0 Å². The Balaban J connectivity index is 2.30. The molecule has 1 aromatic rings. The summed E-state index contributed by atoms with van der Waals surface area (Å²) in [6.45, 7) is 5.99. The molecule has 0 aliphatic heterocycles. The van der Waals surface area contributed by atoms with Crippen LogP contribution in [-0.4, -0.2) is 29.2 Å². The van der Waals surface area contributed by atoms with Crippen LogP contribution in [0, 0.1) is 6.92 Å². The number of rotatable bonds is 5. The first kappa shape index (κ1) is 10.6. The largest absolute Gasteiger partial charge is 0.318 e. The number of nitrogens with zero attached hydrogens (tertiary/aromatic N) is 2. The van der Waals surface area contributed by atoms with E-state index in [1.165, 1.54) is 16.4 Å². The Kier molecular flexibility index (Phi) is 4.27. The molecule has 0 amide bonds. The fourth-order valence-electron chi connectivity index (χ4n) is 1.06. The number of aryl methyl sites for hydroxylation is 1. The lowest BCUT2D eigenvalue weighted by molar-refractivity contribution is 0.525. The quantitative estimate of drug-likeness (QED) is 0.728. The highest BCUT2D eigenvalue weighted by Gasteiger charge is 2.04. The normalized spacial score (nSPS) is 13.2. The number of aromatic nitrogens is 2. The smallest absolute Gasteiger partial charge is 0.0769 e. The lowest BCUT2D eigenvalue weighted by Crippen LogP contribution is -2.34. The highest BCUT2D eigenvalue weighted by molar-refractivity contribution is 7.05. The molecule has 0 saturated carbocycles. The van der Waals surface area contributed by atoms with Gasteiger partial charge in [-0.3, -0.25) is 0 Å². The zero-order valence-electron chi connectivity index (χ0n) is 8.29. The SMILES string of the molecule is CNCC(C)NCc1snnc1C. The molecule has 0 spiro atoms. The summed E-state index contributed by atoms with van der Waals surface area (Å²) in [6.07, 6.45) is 0. The number of nitrogens with one attached hydrogen (secondary N) is 2. The van der Waals surface area contributed by atoms with E-state index in [0.717, 1.165) is 18.8 Å². The molecule has 1 aromatic heterocycles. The Hall–Kier alpha value is -0.520. The van der Waals surface area contributed by atoms with Crippen LogP contribution in [0.25, 0.3) is 0 Å². The van der Waals surface area contributed by atoms with Crippen molar-refractivity contribution in [3.63, 3.8) is 0 Å². The van der Waals surface area contributed by atoms with Crippen LogP contribution in [-0.2, 0) is 6.54 Å². The van der Waals surface area contributed by atoms with Crippen molar-refractivity contribution >= 4 is 11.5 Å². The maximum Gasteiger partial charge on any atom is 0.0769 e.